The Morgan fingerprint density at radius 3 is 2.46 bits per heavy atom. The summed E-state index contributed by atoms with van der Waals surface area (Å²) < 4.78 is 27.9. The van der Waals surface area contributed by atoms with Gasteiger partial charge in [0.05, 0.1) is 10.5 Å². The smallest absolute Gasteiger partial charge is 0.256 e. The van der Waals surface area contributed by atoms with Crippen molar-refractivity contribution in [2.24, 2.45) is 0 Å². The lowest BCUT2D eigenvalue weighted by Crippen LogP contribution is -2.50. The Labute approximate surface area is 172 Å². The highest BCUT2D eigenvalue weighted by molar-refractivity contribution is 9.10. The largest absolute Gasteiger partial charge is 0.358 e. The van der Waals surface area contributed by atoms with Crippen molar-refractivity contribution in [3.8, 4) is 0 Å². The number of nitrogens with one attached hydrogen (secondary N) is 1. The number of piperazine rings is 1. The Bertz CT molecular complexity index is 1150. The number of hydrogen-bond acceptors (Lipinski definition) is 3. The van der Waals surface area contributed by atoms with E-state index in [4.69, 9.17) is 0 Å². The molecule has 1 N–H and O–H groups in total. The number of aromatic nitrogens is 1. The molecular weight excluding hydrogens is 442 g/mol. The Balaban J connectivity index is 1.52. The van der Waals surface area contributed by atoms with Gasteiger partial charge in [-0.15, -0.1) is 0 Å². The van der Waals surface area contributed by atoms with Crippen molar-refractivity contribution in [2.45, 2.75) is 11.8 Å². The standard InChI is InChI=1S/C20H20BrN3O3S/c1-14-19(17-7-2-3-8-18(17)22-14)20(25)23-9-11-24(12-10-23)28(26,27)16-6-4-5-15(21)13-16/h2-8,13,22H,9-12H2,1H3. The number of aryl methyl sites for hydroxylation is 1. The second kappa shape index (κ2) is 7.35. The number of H-pyrrole nitrogens is 1. The maximum absolute atomic E-state index is 13.1. The van der Waals surface area contributed by atoms with Crippen LogP contribution in [0.1, 0.15) is 16.1 Å². The number of rotatable bonds is 3. The number of carbonyl (C=O) groups excluding carboxylic acids is 1. The van der Waals surface area contributed by atoms with E-state index in [0.29, 0.717) is 18.7 Å². The highest BCUT2D eigenvalue weighted by Crippen LogP contribution is 2.25. The molecule has 1 aliphatic rings. The number of benzene rings is 2. The van der Waals surface area contributed by atoms with Crippen LogP contribution in [-0.2, 0) is 10.0 Å². The van der Waals surface area contributed by atoms with Gasteiger partial charge in [-0.2, -0.15) is 4.31 Å². The Hall–Kier alpha value is -2.16. The quantitative estimate of drug-likeness (QED) is 0.649. The zero-order valence-corrected chi connectivity index (χ0v) is 17.8. The van der Waals surface area contributed by atoms with Gasteiger partial charge in [0.2, 0.25) is 10.0 Å². The molecule has 0 saturated carbocycles. The summed E-state index contributed by atoms with van der Waals surface area (Å²) in [5, 5.41) is 0.897. The second-order valence-corrected chi connectivity index (χ2v) is 9.68. The maximum Gasteiger partial charge on any atom is 0.256 e. The summed E-state index contributed by atoms with van der Waals surface area (Å²) in [5.41, 5.74) is 2.42. The average molecular weight is 462 g/mol. The first-order valence-corrected chi connectivity index (χ1v) is 11.2. The molecule has 1 amide bonds. The van der Waals surface area contributed by atoms with E-state index in [1.54, 1.807) is 29.2 Å². The number of aromatic amines is 1. The first-order valence-electron chi connectivity index (χ1n) is 9.00. The molecule has 0 unspecified atom stereocenters. The van der Waals surface area contributed by atoms with E-state index in [9.17, 15) is 13.2 Å². The van der Waals surface area contributed by atoms with E-state index in [1.165, 1.54) is 4.31 Å². The van der Waals surface area contributed by atoms with Gasteiger partial charge in [-0.05, 0) is 31.2 Å². The maximum atomic E-state index is 13.1. The predicted molar refractivity (Wildman–Crippen MR) is 112 cm³/mol. The number of para-hydroxylation sites is 1. The van der Waals surface area contributed by atoms with Crippen LogP contribution in [0.4, 0.5) is 0 Å². The topological polar surface area (TPSA) is 73.5 Å². The van der Waals surface area contributed by atoms with Gasteiger partial charge < -0.3 is 9.88 Å². The first-order chi connectivity index (χ1) is 13.4. The molecule has 1 aromatic heterocycles. The molecule has 2 aromatic carbocycles. The van der Waals surface area contributed by atoms with Gasteiger partial charge >= 0.3 is 0 Å². The van der Waals surface area contributed by atoms with E-state index >= 15 is 0 Å². The number of nitrogens with zero attached hydrogens (tertiary/aromatic N) is 2. The normalized spacial score (nSPS) is 15.9. The number of amides is 1. The number of fused-ring (bicyclic) bond motifs is 1. The SMILES string of the molecule is Cc1[nH]c2ccccc2c1C(=O)N1CCN(S(=O)(=O)c2cccc(Br)c2)CC1. The first kappa shape index (κ1) is 19.2. The van der Waals surface area contributed by atoms with Crippen molar-refractivity contribution in [3.05, 3.63) is 64.3 Å². The van der Waals surface area contributed by atoms with E-state index in [0.717, 1.165) is 21.1 Å². The van der Waals surface area contributed by atoms with Gasteiger partial charge in [0.25, 0.3) is 5.91 Å². The fraction of sp³-hybridized carbons (Fsp3) is 0.250. The van der Waals surface area contributed by atoms with Gasteiger partial charge in [0, 0.05) is 47.2 Å². The van der Waals surface area contributed by atoms with Crippen LogP contribution >= 0.6 is 15.9 Å². The molecule has 2 heterocycles. The molecule has 1 aliphatic heterocycles. The van der Waals surface area contributed by atoms with Crippen LogP contribution in [0, 0.1) is 6.92 Å². The second-order valence-electron chi connectivity index (χ2n) is 6.82. The third kappa shape index (κ3) is 3.36. The number of halogens is 1. The fourth-order valence-electron chi connectivity index (χ4n) is 3.62. The average Bonchev–Trinajstić information content (AvgIpc) is 3.03. The van der Waals surface area contributed by atoms with Crippen LogP contribution in [0.3, 0.4) is 0 Å². The number of sulfonamides is 1. The summed E-state index contributed by atoms with van der Waals surface area (Å²) in [7, 11) is -3.57. The van der Waals surface area contributed by atoms with Crippen molar-refractivity contribution in [3.63, 3.8) is 0 Å². The van der Waals surface area contributed by atoms with Crippen LogP contribution < -0.4 is 0 Å². The van der Waals surface area contributed by atoms with E-state index in [2.05, 4.69) is 20.9 Å². The van der Waals surface area contributed by atoms with Gasteiger partial charge in [0.1, 0.15) is 0 Å². The summed E-state index contributed by atoms with van der Waals surface area (Å²) in [4.78, 5) is 18.3. The molecule has 0 aliphatic carbocycles. The van der Waals surface area contributed by atoms with Crippen molar-refractivity contribution in [2.75, 3.05) is 26.2 Å². The van der Waals surface area contributed by atoms with Crippen molar-refractivity contribution < 1.29 is 13.2 Å². The Morgan fingerprint density at radius 2 is 1.75 bits per heavy atom. The lowest BCUT2D eigenvalue weighted by atomic mass is 10.1. The van der Waals surface area contributed by atoms with Crippen molar-refractivity contribution >= 4 is 42.8 Å². The Kier molecular flexibility index (Phi) is 5.03. The van der Waals surface area contributed by atoms with Crippen molar-refractivity contribution in [1.29, 1.82) is 0 Å². The molecule has 8 heteroatoms. The summed E-state index contributed by atoms with van der Waals surface area (Å²) in [6, 6.07) is 14.4. The molecule has 146 valence electrons. The van der Waals surface area contributed by atoms with Gasteiger partial charge in [-0.25, -0.2) is 8.42 Å². The van der Waals surface area contributed by atoms with Crippen LogP contribution in [0.2, 0.25) is 0 Å². The molecule has 0 atom stereocenters. The molecule has 1 fully saturated rings. The van der Waals surface area contributed by atoms with Crippen LogP contribution in [0.5, 0.6) is 0 Å². The van der Waals surface area contributed by atoms with Gasteiger partial charge in [-0.1, -0.05) is 40.2 Å². The lowest BCUT2D eigenvalue weighted by Gasteiger charge is -2.34. The monoisotopic (exact) mass is 461 g/mol. The van der Waals surface area contributed by atoms with Crippen LogP contribution in [0.25, 0.3) is 10.9 Å². The third-order valence-electron chi connectivity index (χ3n) is 5.07. The summed E-state index contributed by atoms with van der Waals surface area (Å²) >= 11 is 3.32. The highest BCUT2D eigenvalue weighted by Gasteiger charge is 2.31. The summed E-state index contributed by atoms with van der Waals surface area (Å²) in [6.45, 7) is 3.18. The van der Waals surface area contributed by atoms with E-state index in [-0.39, 0.29) is 23.9 Å². The Morgan fingerprint density at radius 1 is 1.04 bits per heavy atom. The van der Waals surface area contributed by atoms with Gasteiger partial charge in [0.15, 0.2) is 0 Å². The van der Waals surface area contributed by atoms with E-state index < -0.39 is 10.0 Å². The minimum atomic E-state index is -3.57. The molecular formula is C20H20BrN3O3S. The number of hydrogen-bond donors (Lipinski definition) is 1. The molecule has 28 heavy (non-hydrogen) atoms. The minimum Gasteiger partial charge on any atom is -0.358 e. The highest BCUT2D eigenvalue weighted by atomic mass is 79.9. The molecule has 4 rings (SSSR count). The minimum absolute atomic E-state index is 0.0607. The van der Waals surface area contributed by atoms with Crippen molar-refractivity contribution in [1.82, 2.24) is 14.2 Å². The molecule has 3 aromatic rings. The molecule has 0 radical (unpaired) electrons. The van der Waals surface area contributed by atoms with E-state index in [1.807, 2.05) is 31.2 Å². The molecule has 6 nitrogen and oxygen atoms in total. The fourth-order valence-corrected chi connectivity index (χ4v) is 5.64. The van der Waals surface area contributed by atoms with Crippen LogP contribution in [0.15, 0.2) is 57.9 Å². The number of carbonyl (C=O) groups is 1. The zero-order valence-electron chi connectivity index (χ0n) is 15.4. The third-order valence-corrected chi connectivity index (χ3v) is 7.46. The summed E-state index contributed by atoms with van der Waals surface area (Å²) in [5.74, 6) is -0.0607. The molecule has 1 saturated heterocycles. The molecule has 0 bridgehead atoms. The van der Waals surface area contributed by atoms with Gasteiger partial charge in [-0.3, -0.25) is 4.79 Å². The predicted octanol–water partition coefficient (Wildman–Crippen LogP) is 3.39. The molecule has 0 spiro atoms. The zero-order chi connectivity index (χ0) is 19.9. The summed E-state index contributed by atoms with van der Waals surface area (Å²) in [6.07, 6.45) is 0. The lowest BCUT2D eigenvalue weighted by molar-refractivity contribution is 0.0699. The van der Waals surface area contributed by atoms with Crippen LogP contribution in [-0.4, -0.2) is 54.7 Å².